The van der Waals surface area contributed by atoms with Gasteiger partial charge in [-0.05, 0) is 21.8 Å². The van der Waals surface area contributed by atoms with E-state index >= 15 is 0 Å². The van der Waals surface area contributed by atoms with E-state index in [2.05, 4.69) is 21.0 Å². The standard InChI is InChI=1S/C8H11BrF3N3/c1-5(2-8(10,11)12)3-15-4-6(9)7(13)14-15/h4-5H,2-3H2,1H3,(H2,13,14). The molecule has 0 aliphatic heterocycles. The van der Waals surface area contributed by atoms with E-state index in [1.165, 1.54) is 11.6 Å². The summed E-state index contributed by atoms with van der Waals surface area (Å²) in [6.07, 6.45) is -3.37. The Morgan fingerprint density at radius 1 is 1.60 bits per heavy atom. The van der Waals surface area contributed by atoms with Crippen molar-refractivity contribution in [3.05, 3.63) is 10.7 Å². The Morgan fingerprint density at radius 2 is 2.20 bits per heavy atom. The molecular weight excluding hydrogens is 275 g/mol. The summed E-state index contributed by atoms with van der Waals surface area (Å²) < 4.78 is 38.1. The summed E-state index contributed by atoms with van der Waals surface area (Å²) in [6.45, 7) is 1.73. The predicted octanol–water partition coefficient (Wildman–Crippen LogP) is 2.82. The molecule has 15 heavy (non-hydrogen) atoms. The summed E-state index contributed by atoms with van der Waals surface area (Å²) in [5.41, 5.74) is 5.44. The van der Waals surface area contributed by atoms with Gasteiger partial charge in [-0.25, -0.2) is 0 Å². The van der Waals surface area contributed by atoms with Gasteiger partial charge in [0.15, 0.2) is 5.82 Å². The molecule has 86 valence electrons. The minimum atomic E-state index is -4.13. The fourth-order valence-electron chi connectivity index (χ4n) is 1.28. The molecule has 3 nitrogen and oxygen atoms in total. The predicted molar refractivity (Wildman–Crippen MR) is 54.2 cm³/mol. The third-order valence-corrected chi connectivity index (χ3v) is 2.43. The number of alkyl halides is 3. The monoisotopic (exact) mass is 285 g/mol. The number of halogens is 4. The molecule has 0 bridgehead atoms. The molecule has 1 aromatic rings. The molecule has 0 aliphatic rings. The summed E-state index contributed by atoms with van der Waals surface area (Å²) in [4.78, 5) is 0. The van der Waals surface area contributed by atoms with Crippen molar-refractivity contribution < 1.29 is 13.2 Å². The number of anilines is 1. The third kappa shape index (κ3) is 4.11. The van der Waals surface area contributed by atoms with E-state index in [9.17, 15) is 13.2 Å². The molecule has 0 aliphatic carbocycles. The van der Waals surface area contributed by atoms with E-state index in [0.29, 0.717) is 4.47 Å². The minimum Gasteiger partial charge on any atom is -0.381 e. The van der Waals surface area contributed by atoms with Gasteiger partial charge in [-0.1, -0.05) is 6.92 Å². The molecule has 1 aromatic heterocycles. The molecule has 0 saturated heterocycles. The van der Waals surface area contributed by atoms with E-state index in [1.54, 1.807) is 6.20 Å². The molecule has 0 spiro atoms. The second-order valence-corrected chi connectivity index (χ2v) is 4.36. The van der Waals surface area contributed by atoms with Gasteiger partial charge >= 0.3 is 6.18 Å². The van der Waals surface area contributed by atoms with Crippen LogP contribution in [0.2, 0.25) is 0 Å². The van der Waals surface area contributed by atoms with Gasteiger partial charge in [0.25, 0.3) is 0 Å². The van der Waals surface area contributed by atoms with Crippen molar-refractivity contribution in [3.8, 4) is 0 Å². The average Bonchev–Trinajstić information content (AvgIpc) is 2.26. The molecule has 1 rings (SSSR count). The minimum absolute atomic E-state index is 0.204. The SMILES string of the molecule is CC(Cn1cc(Br)c(N)n1)CC(F)(F)F. The Bertz CT molecular complexity index is 315. The first-order chi connectivity index (χ1) is 6.78. The zero-order chi connectivity index (χ0) is 11.6. The maximum absolute atomic E-state index is 12.0. The van der Waals surface area contributed by atoms with Crippen LogP contribution in [0.1, 0.15) is 13.3 Å². The molecule has 1 atom stereocenters. The zero-order valence-electron chi connectivity index (χ0n) is 8.05. The number of nitrogens with zero attached hydrogens (tertiary/aromatic N) is 2. The number of aromatic nitrogens is 2. The largest absolute Gasteiger partial charge is 0.389 e. The lowest BCUT2D eigenvalue weighted by molar-refractivity contribution is -0.144. The molecule has 2 N–H and O–H groups in total. The molecule has 0 saturated carbocycles. The topological polar surface area (TPSA) is 43.8 Å². The molecule has 1 unspecified atom stereocenters. The van der Waals surface area contributed by atoms with Crippen molar-refractivity contribution in [1.82, 2.24) is 9.78 Å². The van der Waals surface area contributed by atoms with Crippen LogP contribution in [0.25, 0.3) is 0 Å². The fourth-order valence-corrected chi connectivity index (χ4v) is 1.60. The molecule has 7 heteroatoms. The molecule has 0 fully saturated rings. The van der Waals surface area contributed by atoms with Crippen LogP contribution in [0.3, 0.4) is 0 Å². The summed E-state index contributed by atoms with van der Waals surface area (Å²) in [7, 11) is 0. The normalized spacial score (nSPS) is 14.2. The van der Waals surface area contributed by atoms with Crippen LogP contribution in [0, 0.1) is 5.92 Å². The van der Waals surface area contributed by atoms with Crippen LogP contribution in [-0.4, -0.2) is 16.0 Å². The molecule has 0 aromatic carbocycles. The van der Waals surface area contributed by atoms with Crippen molar-refractivity contribution in [2.24, 2.45) is 5.92 Å². The third-order valence-electron chi connectivity index (χ3n) is 1.82. The van der Waals surface area contributed by atoms with E-state index in [4.69, 9.17) is 5.73 Å². The van der Waals surface area contributed by atoms with Gasteiger partial charge in [-0.2, -0.15) is 18.3 Å². The Balaban J connectivity index is 2.55. The summed E-state index contributed by atoms with van der Waals surface area (Å²) in [5.74, 6) is -0.231. The first-order valence-electron chi connectivity index (χ1n) is 4.33. The number of rotatable bonds is 3. The number of hydrogen-bond acceptors (Lipinski definition) is 2. The van der Waals surface area contributed by atoms with Crippen LogP contribution in [0.4, 0.5) is 19.0 Å². The van der Waals surface area contributed by atoms with Crippen LogP contribution < -0.4 is 5.73 Å². The van der Waals surface area contributed by atoms with Gasteiger partial charge in [0.05, 0.1) is 4.47 Å². The highest BCUT2D eigenvalue weighted by Gasteiger charge is 2.30. The highest BCUT2D eigenvalue weighted by Crippen LogP contribution is 2.26. The Kier molecular flexibility index (Phi) is 3.64. The Labute approximate surface area is 93.6 Å². The smallest absolute Gasteiger partial charge is 0.381 e. The number of hydrogen-bond donors (Lipinski definition) is 1. The van der Waals surface area contributed by atoms with Crippen molar-refractivity contribution in [1.29, 1.82) is 0 Å². The van der Waals surface area contributed by atoms with Gasteiger partial charge in [0.1, 0.15) is 0 Å². The highest BCUT2D eigenvalue weighted by atomic mass is 79.9. The summed E-state index contributed by atoms with van der Waals surface area (Å²) in [6, 6.07) is 0. The second-order valence-electron chi connectivity index (χ2n) is 3.51. The molecule has 1 heterocycles. The van der Waals surface area contributed by atoms with Gasteiger partial charge in [0, 0.05) is 19.2 Å². The maximum atomic E-state index is 12.0. The lowest BCUT2D eigenvalue weighted by Gasteiger charge is -2.13. The summed E-state index contributed by atoms with van der Waals surface area (Å²) >= 11 is 3.14. The molecular formula is C8H11BrF3N3. The van der Waals surface area contributed by atoms with Gasteiger partial charge in [-0.3, -0.25) is 4.68 Å². The van der Waals surface area contributed by atoms with Crippen LogP contribution in [0.5, 0.6) is 0 Å². The average molecular weight is 286 g/mol. The zero-order valence-corrected chi connectivity index (χ0v) is 9.64. The maximum Gasteiger partial charge on any atom is 0.389 e. The lowest BCUT2D eigenvalue weighted by Crippen LogP contribution is -2.17. The highest BCUT2D eigenvalue weighted by molar-refractivity contribution is 9.10. The van der Waals surface area contributed by atoms with Gasteiger partial charge in [0.2, 0.25) is 0 Å². The molecule has 0 radical (unpaired) electrons. The van der Waals surface area contributed by atoms with Crippen molar-refractivity contribution in [2.45, 2.75) is 26.1 Å². The van der Waals surface area contributed by atoms with Crippen LogP contribution in [0.15, 0.2) is 10.7 Å². The van der Waals surface area contributed by atoms with Crippen molar-refractivity contribution in [3.63, 3.8) is 0 Å². The van der Waals surface area contributed by atoms with Gasteiger partial charge in [-0.15, -0.1) is 0 Å². The number of nitrogen functional groups attached to an aromatic ring is 1. The number of nitrogens with two attached hydrogens (primary N) is 1. The van der Waals surface area contributed by atoms with E-state index in [1.807, 2.05) is 0 Å². The second kappa shape index (κ2) is 4.42. The van der Waals surface area contributed by atoms with Crippen molar-refractivity contribution in [2.75, 3.05) is 5.73 Å². The lowest BCUT2D eigenvalue weighted by atomic mass is 10.1. The first-order valence-corrected chi connectivity index (χ1v) is 5.12. The fraction of sp³-hybridized carbons (Fsp3) is 0.625. The molecule has 0 amide bonds. The summed E-state index contributed by atoms with van der Waals surface area (Å²) in [5, 5.41) is 3.86. The van der Waals surface area contributed by atoms with Crippen molar-refractivity contribution >= 4 is 21.7 Å². The van der Waals surface area contributed by atoms with Gasteiger partial charge < -0.3 is 5.73 Å². The van der Waals surface area contributed by atoms with Crippen LogP contribution >= 0.6 is 15.9 Å². The first kappa shape index (κ1) is 12.4. The van der Waals surface area contributed by atoms with E-state index in [-0.39, 0.29) is 12.4 Å². The quantitative estimate of drug-likeness (QED) is 0.928. The Hall–Kier alpha value is -0.720. The Morgan fingerprint density at radius 3 is 2.60 bits per heavy atom. The van der Waals surface area contributed by atoms with E-state index < -0.39 is 18.5 Å². The van der Waals surface area contributed by atoms with Crippen LogP contribution in [-0.2, 0) is 6.54 Å². The van der Waals surface area contributed by atoms with E-state index in [0.717, 1.165) is 0 Å².